The van der Waals surface area contributed by atoms with Crippen LogP contribution in [-0.2, 0) is 0 Å². The molecule has 25 heavy (non-hydrogen) atoms. The highest BCUT2D eigenvalue weighted by molar-refractivity contribution is 5.88. The van der Waals surface area contributed by atoms with E-state index < -0.39 is 0 Å². The van der Waals surface area contributed by atoms with Gasteiger partial charge in [-0.05, 0) is 37.8 Å². The number of nitrogens with zero attached hydrogens (tertiary/aromatic N) is 4. The molecule has 2 aromatic heterocycles. The summed E-state index contributed by atoms with van der Waals surface area (Å²) in [6.45, 7) is 0.768. The van der Waals surface area contributed by atoms with Crippen molar-refractivity contribution >= 4 is 11.8 Å². The van der Waals surface area contributed by atoms with Crippen molar-refractivity contribution in [2.45, 2.75) is 57.0 Å². The predicted molar refractivity (Wildman–Crippen MR) is 96.3 cm³/mol. The van der Waals surface area contributed by atoms with Gasteiger partial charge in [-0.15, -0.1) is 0 Å². The largest absolute Gasteiger partial charge is 0.323 e. The molecule has 132 valence electrons. The van der Waals surface area contributed by atoms with Crippen LogP contribution in [-0.4, -0.2) is 32.2 Å². The summed E-state index contributed by atoms with van der Waals surface area (Å²) in [6, 6.07) is 8.21. The molecule has 3 heterocycles. The zero-order valence-electron chi connectivity index (χ0n) is 14.5. The molecule has 0 aromatic carbocycles. The Labute approximate surface area is 148 Å². The lowest BCUT2D eigenvalue weighted by Gasteiger charge is -2.27. The molecule has 1 N–H and O–H groups in total. The summed E-state index contributed by atoms with van der Waals surface area (Å²) in [4.78, 5) is 19.2. The molecule has 1 saturated heterocycles. The van der Waals surface area contributed by atoms with Gasteiger partial charge in [0.15, 0.2) is 0 Å². The molecule has 1 aliphatic heterocycles. The summed E-state index contributed by atoms with van der Waals surface area (Å²) in [7, 11) is 0. The number of anilines is 1. The molecule has 1 unspecified atom stereocenters. The van der Waals surface area contributed by atoms with E-state index in [0.29, 0.717) is 6.04 Å². The van der Waals surface area contributed by atoms with Crippen LogP contribution in [0.5, 0.6) is 0 Å². The average molecular weight is 339 g/mol. The van der Waals surface area contributed by atoms with Crippen LogP contribution in [0, 0.1) is 0 Å². The highest BCUT2D eigenvalue weighted by atomic mass is 16.2. The van der Waals surface area contributed by atoms with E-state index in [-0.39, 0.29) is 12.1 Å². The average Bonchev–Trinajstić information content (AvgIpc) is 3.32. The molecule has 2 fully saturated rings. The van der Waals surface area contributed by atoms with E-state index in [0.717, 1.165) is 43.7 Å². The highest BCUT2D eigenvalue weighted by Crippen LogP contribution is 2.32. The van der Waals surface area contributed by atoms with Crippen molar-refractivity contribution in [3.8, 4) is 0 Å². The molecule has 0 bridgehead atoms. The summed E-state index contributed by atoms with van der Waals surface area (Å²) in [5.41, 5.74) is 0.968. The zero-order chi connectivity index (χ0) is 17.1. The third kappa shape index (κ3) is 3.38. The molecular weight excluding hydrogens is 314 g/mol. The lowest BCUT2D eigenvalue weighted by Crippen LogP contribution is -2.35. The van der Waals surface area contributed by atoms with Gasteiger partial charge < -0.3 is 4.90 Å². The van der Waals surface area contributed by atoms with Crippen molar-refractivity contribution in [2.75, 3.05) is 11.9 Å². The fourth-order valence-electron chi connectivity index (χ4n) is 4.10. The van der Waals surface area contributed by atoms with Crippen molar-refractivity contribution in [1.29, 1.82) is 0 Å². The number of pyridine rings is 1. The van der Waals surface area contributed by atoms with Crippen LogP contribution < -0.4 is 5.32 Å². The topological polar surface area (TPSA) is 63.1 Å². The van der Waals surface area contributed by atoms with Gasteiger partial charge in [-0.3, -0.25) is 10.3 Å². The second-order valence-electron chi connectivity index (χ2n) is 6.99. The fraction of sp³-hybridized carbons (Fsp3) is 0.526. The second kappa shape index (κ2) is 7.25. The number of carbonyl (C=O) groups excluding carboxylic acids is 1. The quantitative estimate of drug-likeness (QED) is 0.913. The van der Waals surface area contributed by atoms with E-state index in [4.69, 9.17) is 0 Å². The molecule has 6 heteroatoms. The normalized spacial score (nSPS) is 21.4. The number of urea groups is 1. The lowest BCUT2D eigenvalue weighted by molar-refractivity contribution is 0.205. The molecule has 1 aliphatic carbocycles. The van der Waals surface area contributed by atoms with Crippen molar-refractivity contribution in [3.63, 3.8) is 0 Å². The van der Waals surface area contributed by atoms with Crippen LogP contribution in [0.2, 0.25) is 0 Å². The summed E-state index contributed by atoms with van der Waals surface area (Å²) in [6.07, 6.45) is 11.6. The van der Waals surface area contributed by atoms with Crippen LogP contribution in [0.3, 0.4) is 0 Å². The van der Waals surface area contributed by atoms with Crippen molar-refractivity contribution in [1.82, 2.24) is 19.7 Å². The van der Waals surface area contributed by atoms with Crippen LogP contribution in [0.1, 0.15) is 62.7 Å². The Morgan fingerprint density at radius 2 is 1.92 bits per heavy atom. The molecule has 6 nitrogen and oxygen atoms in total. The van der Waals surface area contributed by atoms with Crippen LogP contribution in [0.25, 0.3) is 0 Å². The minimum absolute atomic E-state index is 0.0503. The molecule has 2 aliphatic rings. The van der Waals surface area contributed by atoms with Gasteiger partial charge in [0, 0.05) is 18.8 Å². The summed E-state index contributed by atoms with van der Waals surface area (Å²) >= 11 is 0. The van der Waals surface area contributed by atoms with E-state index in [1.165, 1.54) is 19.3 Å². The lowest BCUT2D eigenvalue weighted by atomic mass is 9.96. The molecule has 4 rings (SSSR count). The maximum atomic E-state index is 12.9. The Morgan fingerprint density at radius 3 is 2.72 bits per heavy atom. The number of aromatic nitrogens is 3. The maximum absolute atomic E-state index is 12.9. The first-order valence-corrected chi connectivity index (χ1v) is 9.35. The number of likely N-dealkylation sites (tertiary alicyclic amines) is 1. The number of carbonyl (C=O) groups is 1. The number of rotatable bonds is 3. The summed E-state index contributed by atoms with van der Waals surface area (Å²) in [5.74, 6) is 0.809. The van der Waals surface area contributed by atoms with Crippen molar-refractivity contribution in [3.05, 3.63) is 42.4 Å². The van der Waals surface area contributed by atoms with Crippen LogP contribution >= 0.6 is 0 Å². The number of hydrogen-bond acceptors (Lipinski definition) is 3. The van der Waals surface area contributed by atoms with Gasteiger partial charge in [-0.2, -0.15) is 5.10 Å². The van der Waals surface area contributed by atoms with Crippen molar-refractivity contribution in [2.24, 2.45) is 0 Å². The SMILES string of the molecule is O=C(Nc1ccnn1C1CCCCC1)N1CCCC1c1ccccn1. The van der Waals surface area contributed by atoms with Gasteiger partial charge in [0.25, 0.3) is 0 Å². The first kappa shape index (κ1) is 16.1. The predicted octanol–water partition coefficient (Wildman–Crippen LogP) is 4.15. The second-order valence-corrected chi connectivity index (χ2v) is 6.99. The molecule has 0 spiro atoms. The third-order valence-electron chi connectivity index (χ3n) is 5.37. The third-order valence-corrected chi connectivity index (χ3v) is 5.37. The zero-order valence-corrected chi connectivity index (χ0v) is 14.5. The Kier molecular flexibility index (Phi) is 4.68. The van der Waals surface area contributed by atoms with E-state index in [1.807, 2.05) is 33.8 Å². The smallest absolute Gasteiger partial charge is 0.316 e. The first-order valence-electron chi connectivity index (χ1n) is 9.35. The highest BCUT2D eigenvalue weighted by Gasteiger charge is 2.31. The monoisotopic (exact) mass is 339 g/mol. The van der Waals surface area contributed by atoms with Gasteiger partial charge in [-0.1, -0.05) is 25.3 Å². The Hall–Kier alpha value is -2.37. The maximum Gasteiger partial charge on any atom is 0.323 e. The molecule has 1 atom stereocenters. The van der Waals surface area contributed by atoms with Gasteiger partial charge in [0.2, 0.25) is 0 Å². The summed E-state index contributed by atoms with van der Waals surface area (Å²) < 4.78 is 2.00. The van der Waals surface area contributed by atoms with E-state index >= 15 is 0 Å². The van der Waals surface area contributed by atoms with E-state index in [2.05, 4.69) is 15.4 Å². The Balaban J connectivity index is 1.48. The minimum Gasteiger partial charge on any atom is -0.316 e. The standard InChI is InChI=1S/C19H25N5O/c25-19(23-14-6-10-17(23)16-9-4-5-12-20-16)22-18-11-13-21-24(18)15-7-2-1-3-8-15/h4-5,9,11-13,15,17H,1-3,6-8,10,14H2,(H,22,25). The van der Waals surface area contributed by atoms with Gasteiger partial charge in [0.05, 0.1) is 24.0 Å². The van der Waals surface area contributed by atoms with E-state index in [9.17, 15) is 4.79 Å². The summed E-state index contributed by atoms with van der Waals surface area (Å²) in [5, 5.41) is 7.56. The minimum atomic E-state index is -0.0503. The number of hydrogen-bond donors (Lipinski definition) is 1. The van der Waals surface area contributed by atoms with Crippen LogP contribution in [0.4, 0.5) is 10.6 Å². The molecular formula is C19H25N5O. The molecule has 2 amide bonds. The van der Waals surface area contributed by atoms with Gasteiger partial charge in [0.1, 0.15) is 5.82 Å². The van der Waals surface area contributed by atoms with Gasteiger partial charge >= 0.3 is 6.03 Å². The number of amides is 2. The van der Waals surface area contributed by atoms with Crippen molar-refractivity contribution < 1.29 is 4.79 Å². The van der Waals surface area contributed by atoms with Gasteiger partial charge in [-0.25, -0.2) is 9.48 Å². The molecule has 2 aromatic rings. The molecule has 1 saturated carbocycles. The fourth-order valence-corrected chi connectivity index (χ4v) is 4.10. The Bertz CT molecular complexity index is 708. The van der Waals surface area contributed by atoms with Crippen LogP contribution in [0.15, 0.2) is 36.7 Å². The van der Waals surface area contributed by atoms with E-state index in [1.54, 1.807) is 12.4 Å². The molecule has 0 radical (unpaired) electrons. The number of nitrogens with one attached hydrogen (secondary N) is 1. The Morgan fingerprint density at radius 1 is 1.04 bits per heavy atom. The first-order chi connectivity index (χ1) is 12.3.